The quantitative estimate of drug-likeness (QED) is 0.817. The van der Waals surface area contributed by atoms with Crippen molar-refractivity contribution in [1.82, 2.24) is 14.7 Å². The van der Waals surface area contributed by atoms with Gasteiger partial charge in [-0.05, 0) is 26.7 Å². The summed E-state index contributed by atoms with van der Waals surface area (Å²) in [5.74, 6) is 0.612. The Morgan fingerprint density at radius 3 is 2.70 bits per heavy atom. The molecule has 2 rings (SSSR count). The van der Waals surface area contributed by atoms with E-state index in [-0.39, 0.29) is 17.9 Å². The molecule has 112 valence electrons. The monoisotopic (exact) mass is 280 g/mol. The zero-order chi connectivity index (χ0) is 14.7. The lowest BCUT2D eigenvalue weighted by atomic mass is 10.1. The minimum Gasteiger partial charge on any atom is -0.493 e. The normalized spacial score (nSPS) is 17.6. The Balaban J connectivity index is 2.10. The summed E-state index contributed by atoms with van der Waals surface area (Å²) in [4.78, 5) is 14.7. The highest BCUT2D eigenvalue weighted by atomic mass is 16.5. The summed E-state index contributed by atoms with van der Waals surface area (Å²) in [7, 11) is 1.57. The van der Waals surface area contributed by atoms with E-state index < -0.39 is 0 Å². The Kier molecular flexibility index (Phi) is 4.77. The molecule has 0 aliphatic carbocycles. The molecule has 1 saturated heterocycles. The van der Waals surface area contributed by atoms with Gasteiger partial charge in [-0.25, -0.2) is 0 Å². The predicted molar refractivity (Wildman–Crippen MR) is 77.1 cm³/mol. The number of rotatable bonds is 5. The molecule has 1 fully saturated rings. The van der Waals surface area contributed by atoms with Crippen molar-refractivity contribution in [2.45, 2.75) is 38.8 Å². The molecule has 2 heterocycles. The van der Waals surface area contributed by atoms with Crippen molar-refractivity contribution in [3.05, 3.63) is 11.9 Å². The average molecular weight is 280 g/mol. The second-order valence-electron chi connectivity index (χ2n) is 5.64. The third kappa shape index (κ3) is 3.19. The molecule has 0 atom stereocenters. The lowest BCUT2D eigenvalue weighted by Crippen LogP contribution is -2.42. The van der Waals surface area contributed by atoms with E-state index in [1.54, 1.807) is 18.0 Å². The van der Waals surface area contributed by atoms with Crippen molar-refractivity contribution >= 4 is 5.78 Å². The van der Waals surface area contributed by atoms with E-state index >= 15 is 0 Å². The molecular weight excluding hydrogens is 256 g/mol. The standard InChI is InChI=1S/C14H24N4O2/c1-10(2)18-14(13(20-3)8-16-18)12(19)9-17-6-4-11(15)5-7-17/h8,10-11H,4-7,9,15H2,1-3H3. The van der Waals surface area contributed by atoms with Gasteiger partial charge in [0.1, 0.15) is 5.69 Å². The summed E-state index contributed by atoms with van der Waals surface area (Å²) in [5, 5.41) is 4.25. The van der Waals surface area contributed by atoms with Crippen molar-refractivity contribution < 1.29 is 9.53 Å². The molecule has 1 aromatic heterocycles. The minimum atomic E-state index is 0.0588. The summed E-state index contributed by atoms with van der Waals surface area (Å²) in [6.45, 7) is 6.17. The first-order valence-electron chi connectivity index (χ1n) is 7.15. The van der Waals surface area contributed by atoms with Gasteiger partial charge in [-0.3, -0.25) is 14.4 Å². The summed E-state index contributed by atoms with van der Waals surface area (Å²) in [6, 6.07) is 0.407. The first-order chi connectivity index (χ1) is 9.52. The van der Waals surface area contributed by atoms with Gasteiger partial charge in [0.2, 0.25) is 0 Å². The van der Waals surface area contributed by atoms with Crippen LogP contribution in [-0.2, 0) is 0 Å². The van der Waals surface area contributed by atoms with Crippen molar-refractivity contribution in [3.8, 4) is 5.75 Å². The number of hydrogen-bond acceptors (Lipinski definition) is 5. The number of carbonyl (C=O) groups is 1. The molecule has 6 nitrogen and oxygen atoms in total. The zero-order valence-electron chi connectivity index (χ0n) is 12.5. The lowest BCUT2D eigenvalue weighted by molar-refractivity contribution is 0.0894. The Morgan fingerprint density at radius 1 is 1.50 bits per heavy atom. The van der Waals surface area contributed by atoms with Gasteiger partial charge in [0.15, 0.2) is 11.5 Å². The molecule has 20 heavy (non-hydrogen) atoms. The molecular formula is C14H24N4O2. The van der Waals surface area contributed by atoms with Crippen LogP contribution in [0.1, 0.15) is 43.2 Å². The zero-order valence-corrected chi connectivity index (χ0v) is 12.5. The maximum absolute atomic E-state index is 12.5. The molecule has 0 bridgehead atoms. The van der Waals surface area contributed by atoms with E-state index in [0.29, 0.717) is 18.0 Å². The number of Topliss-reactive ketones (excluding diaryl/α,β-unsaturated/α-hetero) is 1. The largest absolute Gasteiger partial charge is 0.493 e. The van der Waals surface area contributed by atoms with Crippen LogP contribution in [0.2, 0.25) is 0 Å². The fraction of sp³-hybridized carbons (Fsp3) is 0.714. The third-order valence-corrected chi connectivity index (χ3v) is 3.73. The van der Waals surface area contributed by atoms with Gasteiger partial charge >= 0.3 is 0 Å². The van der Waals surface area contributed by atoms with Crippen LogP contribution in [0.3, 0.4) is 0 Å². The highest BCUT2D eigenvalue weighted by Gasteiger charge is 2.24. The number of ketones is 1. The number of likely N-dealkylation sites (tertiary alicyclic amines) is 1. The van der Waals surface area contributed by atoms with Gasteiger partial charge in [0.25, 0.3) is 0 Å². The van der Waals surface area contributed by atoms with Crippen molar-refractivity contribution in [2.75, 3.05) is 26.7 Å². The smallest absolute Gasteiger partial charge is 0.198 e. The molecule has 0 unspecified atom stereocenters. The second-order valence-corrected chi connectivity index (χ2v) is 5.64. The molecule has 1 aromatic rings. The lowest BCUT2D eigenvalue weighted by Gasteiger charge is -2.29. The van der Waals surface area contributed by atoms with Crippen LogP contribution in [0.25, 0.3) is 0 Å². The van der Waals surface area contributed by atoms with Crippen molar-refractivity contribution in [1.29, 1.82) is 0 Å². The van der Waals surface area contributed by atoms with E-state index in [1.165, 1.54) is 0 Å². The molecule has 2 N–H and O–H groups in total. The van der Waals surface area contributed by atoms with Crippen LogP contribution in [-0.4, -0.2) is 53.2 Å². The number of methoxy groups -OCH3 is 1. The van der Waals surface area contributed by atoms with E-state index in [2.05, 4.69) is 10.00 Å². The van der Waals surface area contributed by atoms with E-state index in [0.717, 1.165) is 25.9 Å². The number of ether oxygens (including phenoxy) is 1. The van der Waals surface area contributed by atoms with Gasteiger partial charge in [-0.2, -0.15) is 5.10 Å². The minimum absolute atomic E-state index is 0.0588. The van der Waals surface area contributed by atoms with Crippen LogP contribution >= 0.6 is 0 Å². The first kappa shape index (κ1) is 15.0. The maximum atomic E-state index is 12.5. The summed E-state index contributed by atoms with van der Waals surface area (Å²) < 4.78 is 6.99. The number of hydrogen-bond donors (Lipinski definition) is 1. The van der Waals surface area contributed by atoms with Crippen LogP contribution in [0, 0.1) is 0 Å². The van der Waals surface area contributed by atoms with E-state index in [9.17, 15) is 4.79 Å². The molecule has 6 heteroatoms. The van der Waals surface area contributed by atoms with Gasteiger partial charge < -0.3 is 10.5 Å². The Labute approximate surface area is 119 Å². The maximum Gasteiger partial charge on any atom is 0.198 e. The van der Waals surface area contributed by atoms with Crippen LogP contribution in [0.5, 0.6) is 5.75 Å². The first-order valence-corrected chi connectivity index (χ1v) is 7.15. The Hall–Kier alpha value is -1.40. The average Bonchev–Trinajstić information content (AvgIpc) is 2.85. The fourth-order valence-corrected chi connectivity index (χ4v) is 2.54. The van der Waals surface area contributed by atoms with E-state index in [4.69, 9.17) is 10.5 Å². The van der Waals surface area contributed by atoms with E-state index in [1.807, 2.05) is 13.8 Å². The van der Waals surface area contributed by atoms with Crippen LogP contribution in [0.4, 0.5) is 0 Å². The van der Waals surface area contributed by atoms with Gasteiger partial charge in [0, 0.05) is 25.2 Å². The van der Waals surface area contributed by atoms with Gasteiger partial charge in [0.05, 0.1) is 19.9 Å². The van der Waals surface area contributed by atoms with Gasteiger partial charge in [-0.15, -0.1) is 0 Å². The number of nitrogens with two attached hydrogens (primary N) is 1. The summed E-state index contributed by atoms with van der Waals surface area (Å²) in [6.07, 6.45) is 3.51. The van der Waals surface area contributed by atoms with Crippen LogP contribution in [0.15, 0.2) is 6.20 Å². The van der Waals surface area contributed by atoms with Crippen molar-refractivity contribution in [2.24, 2.45) is 5.73 Å². The SMILES string of the molecule is COc1cnn(C(C)C)c1C(=O)CN1CCC(N)CC1. The number of piperidine rings is 1. The molecule has 0 spiro atoms. The third-order valence-electron chi connectivity index (χ3n) is 3.73. The topological polar surface area (TPSA) is 73.4 Å². The predicted octanol–water partition coefficient (Wildman–Crippen LogP) is 1.08. The number of aromatic nitrogens is 2. The molecule has 1 aliphatic heterocycles. The molecule has 0 radical (unpaired) electrons. The number of nitrogens with zero attached hydrogens (tertiary/aromatic N) is 3. The summed E-state index contributed by atoms with van der Waals surface area (Å²) in [5.41, 5.74) is 6.45. The molecule has 1 aliphatic rings. The van der Waals surface area contributed by atoms with Crippen LogP contribution < -0.4 is 10.5 Å². The molecule has 0 amide bonds. The number of carbonyl (C=O) groups excluding carboxylic acids is 1. The highest BCUT2D eigenvalue weighted by Crippen LogP contribution is 2.22. The van der Waals surface area contributed by atoms with Gasteiger partial charge in [-0.1, -0.05) is 0 Å². The molecule has 0 saturated carbocycles. The Morgan fingerprint density at radius 2 is 2.15 bits per heavy atom. The summed E-state index contributed by atoms with van der Waals surface area (Å²) >= 11 is 0. The highest BCUT2D eigenvalue weighted by molar-refractivity contribution is 5.98. The van der Waals surface area contributed by atoms with Crippen molar-refractivity contribution in [3.63, 3.8) is 0 Å². The second kappa shape index (κ2) is 6.37. The Bertz CT molecular complexity index is 462. The molecule has 0 aromatic carbocycles. The fourth-order valence-electron chi connectivity index (χ4n) is 2.54.